The van der Waals surface area contributed by atoms with Crippen molar-refractivity contribution in [2.75, 3.05) is 26.2 Å². The standard InChI is InChI=1S/C16H30N4/c1-3-16(18,13-17)8-6-10-19-12-15-7-4-5-9-20(15)11-14(19)2/h14-15H,3-12,18H2,1-2H3. The minimum absolute atomic E-state index is 0.615. The number of fused-ring (bicyclic) bond motifs is 1. The molecule has 2 heterocycles. The zero-order valence-electron chi connectivity index (χ0n) is 13.1. The molecule has 2 rings (SSSR count). The number of hydrogen-bond donors (Lipinski definition) is 1. The van der Waals surface area contributed by atoms with Crippen molar-refractivity contribution in [3.05, 3.63) is 0 Å². The zero-order valence-corrected chi connectivity index (χ0v) is 13.1. The molecule has 0 bridgehead atoms. The van der Waals surface area contributed by atoms with Gasteiger partial charge in [-0.25, -0.2) is 0 Å². The zero-order chi connectivity index (χ0) is 14.6. The lowest BCUT2D eigenvalue weighted by Gasteiger charge is -2.47. The van der Waals surface area contributed by atoms with Gasteiger partial charge in [0.1, 0.15) is 5.54 Å². The lowest BCUT2D eigenvalue weighted by atomic mass is 9.92. The quantitative estimate of drug-likeness (QED) is 0.835. The molecule has 2 aliphatic heterocycles. The molecule has 2 fully saturated rings. The highest BCUT2D eigenvalue weighted by molar-refractivity contribution is 5.03. The van der Waals surface area contributed by atoms with Gasteiger partial charge < -0.3 is 5.73 Å². The molecular weight excluding hydrogens is 248 g/mol. The van der Waals surface area contributed by atoms with E-state index in [0.717, 1.165) is 31.8 Å². The number of piperazine rings is 1. The topological polar surface area (TPSA) is 56.3 Å². The maximum atomic E-state index is 9.13. The van der Waals surface area contributed by atoms with Gasteiger partial charge in [0.2, 0.25) is 0 Å². The van der Waals surface area contributed by atoms with E-state index in [2.05, 4.69) is 22.8 Å². The highest BCUT2D eigenvalue weighted by atomic mass is 15.3. The first kappa shape index (κ1) is 15.8. The summed E-state index contributed by atoms with van der Waals surface area (Å²) in [7, 11) is 0. The maximum absolute atomic E-state index is 9.13. The molecule has 4 nitrogen and oxygen atoms in total. The second-order valence-corrected chi connectivity index (χ2v) is 6.71. The van der Waals surface area contributed by atoms with Crippen molar-refractivity contribution in [2.45, 2.75) is 70.0 Å². The van der Waals surface area contributed by atoms with E-state index >= 15 is 0 Å². The third-order valence-electron chi connectivity index (χ3n) is 5.24. The van der Waals surface area contributed by atoms with Gasteiger partial charge in [0.25, 0.3) is 0 Å². The normalized spacial score (nSPS) is 31.3. The van der Waals surface area contributed by atoms with Gasteiger partial charge in [-0.2, -0.15) is 5.26 Å². The Labute approximate surface area is 123 Å². The Morgan fingerprint density at radius 3 is 2.85 bits per heavy atom. The van der Waals surface area contributed by atoms with Gasteiger partial charge in [-0.15, -0.1) is 0 Å². The van der Waals surface area contributed by atoms with Crippen LogP contribution in [0.1, 0.15) is 52.4 Å². The van der Waals surface area contributed by atoms with E-state index in [1.807, 2.05) is 6.92 Å². The lowest BCUT2D eigenvalue weighted by molar-refractivity contribution is 0.0142. The van der Waals surface area contributed by atoms with Gasteiger partial charge >= 0.3 is 0 Å². The molecule has 2 saturated heterocycles. The summed E-state index contributed by atoms with van der Waals surface area (Å²) in [6, 6.07) is 3.68. The summed E-state index contributed by atoms with van der Waals surface area (Å²) >= 11 is 0. The van der Waals surface area contributed by atoms with Gasteiger partial charge in [-0.3, -0.25) is 9.80 Å². The summed E-state index contributed by atoms with van der Waals surface area (Å²) in [5.74, 6) is 0. The summed E-state index contributed by atoms with van der Waals surface area (Å²) in [4.78, 5) is 5.29. The third-order valence-corrected chi connectivity index (χ3v) is 5.24. The summed E-state index contributed by atoms with van der Waals surface area (Å²) in [5.41, 5.74) is 5.45. The first-order valence-electron chi connectivity index (χ1n) is 8.26. The predicted octanol–water partition coefficient (Wildman–Crippen LogP) is 1.96. The van der Waals surface area contributed by atoms with Crippen LogP contribution >= 0.6 is 0 Å². The number of piperidine rings is 1. The molecule has 3 atom stereocenters. The van der Waals surface area contributed by atoms with E-state index in [4.69, 9.17) is 11.0 Å². The van der Waals surface area contributed by atoms with Crippen LogP contribution in [-0.4, -0.2) is 53.6 Å². The monoisotopic (exact) mass is 278 g/mol. The number of nitrogens with zero attached hydrogens (tertiary/aromatic N) is 3. The van der Waals surface area contributed by atoms with E-state index < -0.39 is 5.54 Å². The molecule has 3 unspecified atom stereocenters. The van der Waals surface area contributed by atoms with Gasteiger partial charge in [0, 0.05) is 25.2 Å². The summed E-state index contributed by atoms with van der Waals surface area (Å²) in [6.07, 6.45) is 6.72. The van der Waals surface area contributed by atoms with E-state index in [1.54, 1.807) is 0 Å². The Bertz CT molecular complexity index is 351. The molecule has 0 aromatic heterocycles. The fraction of sp³-hybridized carbons (Fsp3) is 0.938. The molecule has 2 N–H and O–H groups in total. The molecule has 2 aliphatic rings. The van der Waals surface area contributed by atoms with Crippen molar-refractivity contribution in [3.8, 4) is 6.07 Å². The fourth-order valence-electron chi connectivity index (χ4n) is 3.63. The van der Waals surface area contributed by atoms with Gasteiger partial charge in [0.15, 0.2) is 0 Å². The molecule has 0 amide bonds. The van der Waals surface area contributed by atoms with Gasteiger partial charge in [0.05, 0.1) is 6.07 Å². The van der Waals surface area contributed by atoms with Crippen LogP contribution < -0.4 is 5.73 Å². The van der Waals surface area contributed by atoms with Crippen molar-refractivity contribution in [1.29, 1.82) is 5.26 Å². The Morgan fingerprint density at radius 1 is 1.35 bits per heavy atom. The van der Waals surface area contributed by atoms with Crippen LogP contribution in [0.4, 0.5) is 0 Å². The number of rotatable bonds is 5. The Hall–Kier alpha value is -0.630. The van der Waals surface area contributed by atoms with E-state index in [1.165, 1.54) is 38.9 Å². The maximum Gasteiger partial charge on any atom is 0.104 e. The molecular formula is C16H30N4. The largest absolute Gasteiger partial charge is 0.313 e. The lowest BCUT2D eigenvalue weighted by Crippen LogP contribution is -2.58. The van der Waals surface area contributed by atoms with Crippen molar-refractivity contribution in [2.24, 2.45) is 5.73 Å². The van der Waals surface area contributed by atoms with Crippen LogP contribution in [-0.2, 0) is 0 Å². The molecule has 0 saturated carbocycles. The minimum atomic E-state index is -0.615. The van der Waals surface area contributed by atoms with Crippen LogP contribution in [0.3, 0.4) is 0 Å². The average molecular weight is 278 g/mol. The Balaban J connectivity index is 1.79. The van der Waals surface area contributed by atoms with Gasteiger partial charge in [-0.05, 0) is 52.1 Å². The van der Waals surface area contributed by atoms with E-state index in [9.17, 15) is 0 Å². The van der Waals surface area contributed by atoms with E-state index in [0.29, 0.717) is 6.04 Å². The Kier molecular flexibility index (Phi) is 5.42. The highest BCUT2D eigenvalue weighted by Gasteiger charge is 2.32. The van der Waals surface area contributed by atoms with Crippen LogP contribution in [0, 0.1) is 11.3 Å². The molecule has 0 radical (unpaired) electrons. The average Bonchev–Trinajstić information content (AvgIpc) is 2.47. The second kappa shape index (κ2) is 6.89. The molecule has 0 aromatic rings. The first-order valence-corrected chi connectivity index (χ1v) is 8.26. The van der Waals surface area contributed by atoms with Crippen molar-refractivity contribution in [3.63, 3.8) is 0 Å². The molecule has 114 valence electrons. The summed E-state index contributed by atoms with van der Waals surface area (Å²) < 4.78 is 0. The predicted molar refractivity (Wildman–Crippen MR) is 82.3 cm³/mol. The van der Waals surface area contributed by atoms with Crippen molar-refractivity contribution in [1.82, 2.24) is 9.80 Å². The molecule has 0 aliphatic carbocycles. The fourth-order valence-corrected chi connectivity index (χ4v) is 3.63. The molecule has 20 heavy (non-hydrogen) atoms. The SMILES string of the molecule is CCC(N)(C#N)CCCN1CC2CCCCN2CC1C. The smallest absolute Gasteiger partial charge is 0.104 e. The van der Waals surface area contributed by atoms with Crippen LogP contribution in [0.5, 0.6) is 0 Å². The van der Waals surface area contributed by atoms with Crippen molar-refractivity contribution < 1.29 is 0 Å². The molecule has 4 heteroatoms. The number of nitriles is 1. The second-order valence-electron chi connectivity index (χ2n) is 6.71. The van der Waals surface area contributed by atoms with Crippen LogP contribution in [0.2, 0.25) is 0 Å². The first-order chi connectivity index (χ1) is 9.58. The van der Waals surface area contributed by atoms with Crippen molar-refractivity contribution >= 4 is 0 Å². The van der Waals surface area contributed by atoms with E-state index in [-0.39, 0.29) is 0 Å². The number of hydrogen-bond acceptors (Lipinski definition) is 4. The Morgan fingerprint density at radius 2 is 2.15 bits per heavy atom. The summed E-state index contributed by atoms with van der Waals surface area (Å²) in [6.45, 7) is 9.14. The van der Waals surface area contributed by atoms with Crippen LogP contribution in [0.25, 0.3) is 0 Å². The molecule has 0 spiro atoms. The number of nitrogens with two attached hydrogens (primary N) is 1. The minimum Gasteiger partial charge on any atom is -0.313 e. The van der Waals surface area contributed by atoms with Gasteiger partial charge in [-0.1, -0.05) is 13.3 Å². The highest BCUT2D eigenvalue weighted by Crippen LogP contribution is 2.24. The molecule has 0 aromatic carbocycles. The summed E-state index contributed by atoms with van der Waals surface area (Å²) in [5, 5.41) is 9.13. The third kappa shape index (κ3) is 3.72. The van der Waals surface area contributed by atoms with Crippen LogP contribution in [0.15, 0.2) is 0 Å².